The quantitative estimate of drug-likeness (QED) is 0.159. The molecule has 0 aliphatic heterocycles. The summed E-state index contributed by atoms with van der Waals surface area (Å²) in [6.07, 6.45) is -7.12. The number of hydrogen-bond acceptors (Lipinski definition) is 2. The molecule has 0 unspecified atom stereocenters. The van der Waals surface area contributed by atoms with Crippen LogP contribution in [0.1, 0.15) is 59.0 Å². The fourth-order valence-electron chi connectivity index (χ4n) is 3.75. The molecule has 0 bridgehead atoms. The van der Waals surface area contributed by atoms with Crippen molar-refractivity contribution >= 4 is 11.6 Å². The lowest BCUT2D eigenvalue weighted by Gasteiger charge is -2.07. The normalized spacial score (nSPS) is 11.0. The molecule has 8 heteroatoms. The van der Waals surface area contributed by atoms with E-state index >= 15 is 0 Å². The fourth-order valence-corrected chi connectivity index (χ4v) is 3.75. The first-order chi connectivity index (χ1) is 19.5. The second-order valence-electron chi connectivity index (χ2n) is 9.66. The second-order valence-corrected chi connectivity index (χ2v) is 9.66. The van der Waals surface area contributed by atoms with Crippen molar-refractivity contribution in [1.29, 1.82) is 0 Å². The Kier molecular flexibility index (Phi) is 12.3. The number of ketones is 2. The van der Waals surface area contributed by atoms with Gasteiger partial charge in [0.15, 0.2) is 11.6 Å². The molecule has 4 rings (SSSR count). The van der Waals surface area contributed by atoms with Gasteiger partial charge in [0.2, 0.25) is 0 Å². The zero-order valence-corrected chi connectivity index (χ0v) is 23.7. The molecule has 0 aromatic heterocycles. The Labute approximate surface area is 242 Å². The number of halogens is 6. The van der Waals surface area contributed by atoms with Crippen molar-refractivity contribution in [3.63, 3.8) is 0 Å². The molecule has 0 heterocycles. The van der Waals surface area contributed by atoms with E-state index in [-0.39, 0.29) is 25.4 Å². The molecule has 0 N–H and O–H groups in total. The highest BCUT2D eigenvalue weighted by Gasteiger charge is 2.16. The predicted octanol–water partition coefficient (Wildman–Crippen LogP) is 10.5. The molecule has 4 aromatic carbocycles. The number of benzene rings is 4. The smallest absolute Gasteiger partial charge is 0.294 e. The minimum absolute atomic E-state index is 0.100. The van der Waals surface area contributed by atoms with Gasteiger partial charge < -0.3 is 0 Å². The third kappa shape index (κ3) is 13.0. The lowest BCUT2D eigenvalue weighted by Crippen LogP contribution is -2.03. The lowest BCUT2D eigenvalue weighted by molar-refractivity contribution is -0.111. The molecule has 0 radical (unpaired) electrons. The summed E-state index contributed by atoms with van der Waals surface area (Å²) in [5.74, 6) is 0.243. The van der Waals surface area contributed by atoms with Crippen molar-refractivity contribution in [3.05, 3.63) is 119 Å². The van der Waals surface area contributed by atoms with Crippen LogP contribution in [0.3, 0.4) is 0 Å². The van der Waals surface area contributed by atoms with E-state index < -0.39 is 12.4 Å². The van der Waals surface area contributed by atoms with E-state index in [2.05, 4.69) is 43.3 Å². The number of Topliss-reactive ketones (excluding diaryl/α,β-unsaturated/α-hetero) is 2. The number of alkyl halides is 6. The Morgan fingerprint density at radius 2 is 0.810 bits per heavy atom. The average Bonchev–Trinajstić information content (AvgIpc) is 2.92. The molecule has 0 aliphatic rings. The summed E-state index contributed by atoms with van der Waals surface area (Å²) < 4.78 is 62.1. The number of carbonyl (C=O) groups excluding carboxylic acids is 2. The van der Waals surface area contributed by atoms with E-state index in [1.807, 2.05) is 67.6 Å². The number of hydrogen-bond donors (Lipinski definition) is 0. The predicted molar refractivity (Wildman–Crippen MR) is 155 cm³/mol. The van der Waals surface area contributed by atoms with Crippen LogP contribution in [0.25, 0.3) is 22.3 Å². The molecule has 2 nitrogen and oxygen atoms in total. The molecule has 0 aliphatic carbocycles. The van der Waals surface area contributed by atoms with Gasteiger partial charge in [-0.1, -0.05) is 110 Å². The van der Waals surface area contributed by atoms with E-state index in [9.17, 15) is 35.9 Å². The van der Waals surface area contributed by atoms with Gasteiger partial charge in [-0.05, 0) is 34.7 Å². The van der Waals surface area contributed by atoms with Crippen LogP contribution in [0.15, 0.2) is 97.1 Å². The first kappa shape index (κ1) is 34.0. The summed E-state index contributed by atoms with van der Waals surface area (Å²) in [7, 11) is 0. The highest BCUT2D eigenvalue weighted by molar-refractivity contribution is 5.98. The second kappa shape index (κ2) is 15.1. The maximum atomic E-state index is 12.8. The van der Waals surface area contributed by atoms with Gasteiger partial charge in [0, 0.05) is 37.8 Å². The zero-order chi connectivity index (χ0) is 31.5. The number of aryl methyl sites for hydroxylation is 1. The maximum absolute atomic E-state index is 12.8. The van der Waals surface area contributed by atoms with Gasteiger partial charge in [-0.15, -0.1) is 0 Å². The molecular weight excluding hydrogens is 554 g/mol. The summed E-state index contributed by atoms with van der Waals surface area (Å²) in [5, 5.41) is 0. The third-order valence-electron chi connectivity index (χ3n) is 5.77. The van der Waals surface area contributed by atoms with E-state index in [1.54, 1.807) is 0 Å². The van der Waals surface area contributed by atoms with Crippen LogP contribution in [0.2, 0.25) is 0 Å². The van der Waals surface area contributed by atoms with Crippen LogP contribution >= 0.6 is 0 Å². The van der Waals surface area contributed by atoms with Gasteiger partial charge in [0.25, 0.3) is 0 Å². The van der Waals surface area contributed by atoms with Gasteiger partial charge in [-0.25, -0.2) is 0 Å². The van der Waals surface area contributed by atoms with Gasteiger partial charge in [0.1, 0.15) is 0 Å². The van der Waals surface area contributed by atoms with Crippen molar-refractivity contribution in [1.82, 2.24) is 0 Å². The van der Waals surface area contributed by atoms with E-state index in [0.29, 0.717) is 18.4 Å². The molecule has 222 valence electrons. The Morgan fingerprint density at radius 3 is 1.14 bits per heavy atom. The zero-order valence-electron chi connectivity index (χ0n) is 23.7. The number of rotatable bonds is 7. The minimum atomic E-state index is -4.00. The van der Waals surface area contributed by atoms with Gasteiger partial charge in [-0.2, -0.15) is 26.3 Å². The largest absolute Gasteiger partial charge is 0.386 e. The van der Waals surface area contributed by atoms with E-state index in [4.69, 9.17) is 0 Å². The summed E-state index contributed by atoms with van der Waals surface area (Å²) in [5.41, 5.74) is 8.07. The molecule has 42 heavy (non-hydrogen) atoms. The molecule has 0 amide bonds. The van der Waals surface area contributed by atoms with Crippen LogP contribution in [0.4, 0.5) is 26.3 Å². The Morgan fingerprint density at radius 1 is 0.524 bits per heavy atom. The average molecular weight is 587 g/mol. The summed E-state index contributed by atoms with van der Waals surface area (Å²) in [4.78, 5) is 24.6. The van der Waals surface area contributed by atoms with Crippen LogP contribution in [-0.4, -0.2) is 23.9 Å². The first-order valence-electron chi connectivity index (χ1n) is 13.1. The lowest BCUT2D eigenvalue weighted by atomic mass is 9.97. The monoisotopic (exact) mass is 586 g/mol. The van der Waals surface area contributed by atoms with Gasteiger partial charge >= 0.3 is 12.4 Å². The van der Waals surface area contributed by atoms with Crippen LogP contribution < -0.4 is 0 Å². The first-order valence-corrected chi connectivity index (χ1v) is 13.1. The summed E-state index contributed by atoms with van der Waals surface area (Å²) in [6, 6.07) is 32.0. The minimum Gasteiger partial charge on any atom is -0.294 e. The fraction of sp³-hybridized carbons (Fsp3) is 0.235. The van der Waals surface area contributed by atoms with Gasteiger partial charge in [-0.3, -0.25) is 9.59 Å². The molecule has 0 saturated heterocycles. The third-order valence-corrected chi connectivity index (χ3v) is 5.77. The molecule has 4 aromatic rings. The van der Waals surface area contributed by atoms with Crippen molar-refractivity contribution in [2.45, 2.75) is 52.9 Å². The summed E-state index contributed by atoms with van der Waals surface area (Å²) >= 11 is 0. The van der Waals surface area contributed by atoms with Crippen LogP contribution in [-0.2, 0) is 6.42 Å². The van der Waals surface area contributed by atoms with Crippen molar-refractivity contribution < 1.29 is 35.9 Å². The maximum Gasteiger partial charge on any atom is 0.386 e. The highest BCUT2D eigenvalue weighted by Crippen LogP contribution is 2.23. The Bertz CT molecular complexity index is 1390. The van der Waals surface area contributed by atoms with Crippen LogP contribution in [0.5, 0.6) is 0 Å². The van der Waals surface area contributed by atoms with E-state index in [0.717, 1.165) is 27.8 Å². The van der Waals surface area contributed by atoms with E-state index in [1.165, 1.54) is 11.1 Å². The topological polar surface area (TPSA) is 34.1 Å². The van der Waals surface area contributed by atoms with Gasteiger partial charge in [0.05, 0.1) is 0 Å². The van der Waals surface area contributed by atoms with Crippen molar-refractivity contribution in [2.75, 3.05) is 0 Å². The summed E-state index contributed by atoms with van der Waals surface area (Å²) in [6.45, 7) is 4.32. The van der Waals surface area contributed by atoms with Crippen molar-refractivity contribution in [2.24, 2.45) is 0 Å². The molecule has 0 atom stereocenters. The molecule has 0 spiro atoms. The Hall–Kier alpha value is -4.20. The van der Waals surface area contributed by atoms with Crippen LogP contribution in [0, 0.1) is 6.92 Å². The SMILES string of the molecule is CC(F)(F)F.CC(F)(F)F.CCC(=O)c1ccc(-c2ccc(C(=O)Cc3ccc(-c4ccc(C)cc4)cc3)cc2)cc1. The molecule has 0 saturated carbocycles. The Balaban J connectivity index is 0.000000533. The molecular formula is C34H32F6O2. The molecule has 0 fully saturated rings. The standard InChI is InChI=1S/C30H26O2.2C2H3F3/c1-3-29(31)27-16-12-25(13-17-27)26-14-18-28(19-15-26)30(32)20-22-6-10-24(11-7-22)23-8-4-21(2)5-9-23;2*1-2(3,4)5/h4-19H,3,20H2,1-2H3;2*1H3. The number of carbonyl (C=O) groups is 2. The highest BCUT2D eigenvalue weighted by atomic mass is 19.4. The van der Waals surface area contributed by atoms with Crippen molar-refractivity contribution in [3.8, 4) is 22.3 Å².